The van der Waals surface area contributed by atoms with E-state index in [1.807, 2.05) is 12.1 Å². The Morgan fingerprint density at radius 2 is 1.84 bits per heavy atom. The molecule has 19 heavy (non-hydrogen) atoms. The largest absolute Gasteiger partial charge is 0.355 e. The monoisotopic (exact) mass is 283 g/mol. The molecule has 2 amide bonds. The number of nitrogens with two attached hydrogens (primary N) is 1. The predicted molar refractivity (Wildman–Crippen MR) is 75.1 cm³/mol. The third kappa shape index (κ3) is 3.68. The van der Waals surface area contributed by atoms with Gasteiger partial charge in [-0.05, 0) is 30.5 Å². The number of amides is 2. The summed E-state index contributed by atoms with van der Waals surface area (Å²) >= 11 is 0. The molecule has 6 heteroatoms. The average molecular weight is 284 g/mol. The van der Waals surface area contributed by atoms with Crippen molar-refractivity contribution >= 4 is 24.2 Å². The van der Waals surface area contributed by atoms with Crippen LogP contribution in [-0.4, -0.2) is 24.4 Å². The fourth-order valence-corrected chi connectivity index (χ4v) is 1.64. The fraction of sp³-hybridized carbons (Fsp3) is 0.385. The van der Waals surface area contributed by atoms with Crippen LogP contribution in [0, 0.1) is 0 Å². The first-order valence-electron chi connectivity index (χ1n) is 5.93. The lowest BCUT2D eigenvalue weighted by Crippen LogP contribution is -2.42. The molecule has 4 N–H and O–H groups in total. The Morgan fingerprint density at radius 3 is 2.32 bits per heavy atom. The fourth-order valence-electron chi connectivity index (χ4n) is 1.64. The molecule has 0 aliphatic heterocycles. The van der Waals surface area contributed by atoms with E-state index in [0.29, 0.717) is 12.1 Å². The van der Waals surface area contributed by atoms with Crippen molar-refractivity contribution < 1.29 is 9.59 Å². The van der Waals surface area contributed by atoms with Gasteiger partial charge in [-0.3, -0.25) is 9.59 Å². The highest BCUT2D eigenvalue weighted by molar-refractivity contribution is 5.94. The van der Waals surface area contributed by atoms with E-state index < -0.39 is 5.54 Å². The van der Waals surface area contributed by atoms with E-state index in [1.165, 1.54) is 0 Å². The zero-order valence-corrected chi connectivity index (χ0v) is 11.5. The number of halogens is 1. The van der Waals surface area contributed by atoms with Gasteiger partial charge >= 0.3 is 0 Å². The van der Waals surface area contributed by atoms with Crippen LogP contribution in [0.3, 0.4) is 0 Å². The van der Waals surface area contributed by atoms with E-state index in [1.54, 1.807) is 19.2 Å². The van der Waals surface area contributed by atoms with Gasteiger partial charge in [-0.25, -0.2) is 0 Å². The number of hydrogen-bond acceptors (Lipinski definition) is 3. The molecule has 0 atom stereocenters. The maximum Gasteiger partial charge on any atom is 0.251 e. The van der Waals surface area contributed by atoms with Gasteiger partial charge in [0.2, 0.25) is 5.91 Å². The third-order valence-corrected chi connectivity index (χ3v) is 3.14. The molecule has 0 spiro atoms. The third-order valence-electron chi connectivity index (χ3n) is 3.14. The summed E-state index contributed by atoms with van der Waals surface area (Å²) < 4.78 is 0. The van der Waals surface area contributed by atoms with E-state index in [0.717, 1.165) is 18.4 Å². The Kier molecular flexibility index (Phi) is 4.91. The van der Waals surface area contributed by atoms with Crippen molar-refractivity contribution in [2.75, 3.05) is 7.05 Å². The topological polar surface area (TPSA) is 84.2 Å². The van der Waals surface area contributed by atoms with E-state index >= 15 is 0 Å². The molecular weight excluding hydrogens is 266 g/mol. The van der Waals surface area contributed by atoms with E-state index in [9.17, 15) is 9.59 Å². The van der Waals surface area contributed by atoms with Gasteiger partial charge in [-0.2, -0.15) is 0 Å². The summed E-state index contributed by atoms with van der Waals surface area (Å²) in [6, 6.07) is 7.10. The second-order valence-electron chi connectivity index (χ2n) is 4.61. The van der Waals surface area contributed by atoms with E-state index in [2.05, 4.69) is 10.6 Å². The Labute approximate surface area is 118 Å². The van der Waals surface area contributed by atoms with Gasteiger partial charge in [0.05, 0.1) is 5.54 Å². The second kappa shape index (κ2) is 6.04. The van der Waals surface area contributed by atoms with Crippen molar-refractivity contribution in [2.45, 2.75) is 24.9 Å². The second-order valence-corrected chi connectivity index (χ2v) is 4.61. The molecule has 2 rings (SSSR count). The summed E-state index contributed by atoms with van der Waals surface area (Å²) in [5.41, 5.74) is 6.68. The highest BCUT2D eigenvalue weighted by Crippen LogP contribution is 2.32. The van der Waals surface area contributed by atoms with Crippen LogP contribution in [0.25, 0.3) is 0 Å². The first-order valence-corrected chi connectivity index (χ1v) is 5.93. The Hall–Kier alpha value is -1.59. The number of carbonyl (C=O) groups excluding carboxylic acids is 2. The lowest BCUT2D eigenvalue weighted by molar-refractivity contribution is -0.123. The van der Waals surface area contributed by atoms with Crippen molar-refractivity contribution in [1.82, 2.24) is 10.6 Å². The predicted octanol–water partition coefficient (Wildman–Crippen LogP) is 0.575. The van der Waals surface area contributed by atoms with Gasteiger partial charge < -0.3 is 16.4 Å². The van der Waals surface area contributed by atoms with Gasteiger partial charge in [0, 0.05) is 19.2 Å². The number of benzene rings is 1. The van der Waals surface area contributed by atoms with Gasteiger partial charge in [0.1, 0.15) is 0 Å². The van der Waals surface area contributed by atoms with E-state index in [-0.39, 0.29) is 24.2 Å². The molecule has 0 radical (unpaired) electrons. The van der Waals surface area contributed by atoms with Crippen molar-refractivity contribution in [1.29, 1.82) is 0 Å². The quantitative estimate of drug-likeness (QED) is 0.755. The molecule has 1 aliphatic carbocycles. The Balaban J connectivity index is 0.00000180. The number of hydrogen-bond donors (Lipinski definition) is 3. The summed E-state index contributed by atoms with van der Waals surface area (Å²) in [5.74, 6) is -0.220. The zero-order valence-electron chi connectivity index (χ0n) is 10.7. The molecule has 0 bridgehead atoms. The molecule has 1 aromatic rings. The molecule has 1 aliphatic rings. The van der Waals surface area contributed by atoms with E-state index in [4.69, 9.17) is 5.73 Å². The highest BCUT2D eigenvalue weighted by atomic mass is 35.5. The number of nitrogens with one attached hydrogen (secondary N) is 2. The van der Waals surface area contributed by atoms with Crippen LogP contribution in [0.2, 0.25) is 0 Å². The van der Waals surface area contributed by atoms with Crippen LogP contribution in [-0.2, 0) is 11.3 Å². The molecule has 1 aromatic carbocycles. The molecule has 1 fully saturated rings. The lowest BCUT2D eigenvalue weighted by Gasteiger charge is -2.10. The molecule has 0 aromatic heterocycles. The summed E-state index contributed by atoms with van der Waals surface area (Å²) in [7, 11) is 1.59. The minimum absolute atomic E-state index is 0. The molecule has 0 unspecified atom stereocenters. The molecule has 0 heterocycles. The Bertz CT molecular complexity index is 469. The molecule has 104 valence electrons. The number of carbonyl (C=O) groups is 2. The molecule has 0 saturated heterocycles. The maximum atomic E-state index is 11.6. The smallest absolute Gasteiger partial charge is 0.251 e. The van der Waals surface area contributed by atoms with Gasteiger partial charge in [-0.1, -0.05) is 12.1 Å². The van der Waals surface area contributed by atoms with Crippen LogP contribution in [0.5, 0.6) is 0 Å². The van der Waals surface area contributed by atoms with Gasteiger partial charge in [0.25, 0.3) is 5.91 Å². The normalized spacial score (nSPS) is 15.1. The average Bonchev–Trinajstić information content (AvgIpc) is 3.15. The zero-order chi connectivity index (χ0) is 13.2. The first kappa shape index (κ1) is 15.5. The molecular formula is C13H18ClN3O2. The minimum Gasteiger partial charge on any atom is -0.355 e. The van der Waals surface area contributed by atoms with Crippen molar-refractivity contribution in [2.24, 2.45) is 5.73 Å². The van der Waals surface area contributed by atoms with Crippen LogP contribution >= 0.6 is 12.4 Å². The van der Waals surface area contributed by atoms with Crippen LogP contribution in [0.1, 0.15) is 28.8 Å². The summed E-state index contributed by atoms with van der Waals surface area (Å²) in [6.07, 6.45) is 1.52. The summed E-state index contributed by atoms with van der Waals surface area (Å²) in [4.78, 5) is 23.0. The summed E-state index contributed by atoms with van der Waals surface area (Å²) in [6.45, 7) is 0.436. The van der Waals surface area contributed by atoms with Crippen molar-refractivity contribution in [3.8, 4) is 0 Å². The van der Waals surface area contributed by atoms with Crippen LogP contribution < -0.4 is 16.4 Å². The standard InChI is InChI=1S/C13H17N3O2.ClH/c1-15-11(17)10-4-2-9(3-5-10)8-16-12(18)13(14)6-7-13;/h2-5H,6-8,14H2,1H3,(H,15,17)(H,16,18);1H. The van der Waals surface area contributed by atoms with Crippen molar-refractivity contribution in [3.05, 3.63) is 35.4 Å². The molecule has 5 nitrogen and oxygen atoms in total. The Morgan fingerprint density at radius 1 is 1.26 bits per heavy atom. The van der Waals surface area contributed by atoms with Crippen LogP contribution in [0.15, 0.2) is 24.3 Å². The van der Waals surface area contributed by atoms with Gasteiger partial charge in [-0.15, -0.1) is 12.4 Å². The summed E-state index contributed by atoms with van der Waals surface area (Å²) in [5, 5.41) is 5.35. The minimum atomic E-state index is -0.637. The first-order chi connectivity index (χ1) is 8.55. The lowest BCUT2D eigenvalue weighted by atomic mass is 10.1. The highest BCUT2D eigenvalue weighted by Gasteiger charge is 2.45. The maximum absolute atomic E-state index is 11.6. The number of rotatable bonds is 4. The van der Waals surface area contributed by atoms with Gasteiger partial charge in [0.15, 0.2) is 0 Å². The van der Waals surface area contributed by atoms with Crippen molar-refractivity contribution in [3.63, 3.8) is 0 Å². The molecule has 1 saturated carbocycles. The van der Waals surface area contributed by atoms with Crippen LogP contribution in [0.4, 0.5) is 0 Å². The SMILES string of the molecule is CNC(=O)c1ccc(CNC(=O)C2(N)CC2)cc1.Cl.